The quantitative estimate of drug-likeness (QED) is 0.328. The Morgan fingerprint density at radius 2 is 1.86 bits per heavy atom. The number of nitrogens with zero attached hydrogens (tertiary/aromatic N) is 4. The van der Waals surface area contributed by atoms with Crippen LogP contribution in [0.3, 0.4) is 0 Å². The highest BCUT2D eigenvalue weighted by Gasteiger charge is 2.53. The summed E-state index contributed by atoms with van der Waals surface area (Å²) >= 11 is 0. The van der Waals surface area contributed by atoms with Gasteiger partial charge in [-0.2, -0.15) is 5.26 Å². The molecule has 2 heterocycles. The van der Waals surface area contributed by atoms with Crippen molar-refractivity contribution in [2.75, 3.05) is 16.3 Å². The maximum Gasteiger partial charge on any atom is 0.252 e. The molecule has 222 valence electrons. The van der Waals surface area contributed by atoms with Gasteiger partial charge in [0.15, 0.2) is 5.54 Å². The van der Waals surface area contributed by atoms with Crippen LogP contribution in [0.15, 0.2) is 60.8 Å². The van der Waals surface area contributed by atoms with Gasteiger partial charge in [0.1, 0.15) is 17.5 Å². The smallest absolute Gasteiger partial charge is 0.252 e. The van der Waals surface area contributed by atoms with Gasteiger partial charge in [-0.3, -0.25) is 24.2 Å². The van der Waals surface area contributed by atoms with Crippen molar-refractivity contribution in [3.05, 3.63) is 89.1 Å². The number of fused-ring (bicyclic) bond motifs is 1. The van der Waals surface area contributed by atoms with Gasteiger partial charge in [0, 0.05) is 43.7 Å². The Hall–Kier alpha value is -4.79. The normalized spacial score (nSPS) is 20.3. The molecule has 0 unspecified atom stereocenters. The van der Waals surface area contributed by atoms with Crippen molar-refractivity contribution in [2.45, 2.75) is 56.0 Å². The summed E-state index contributed by atoms with van der Waals surface area (Å²) in [5.74, 6) is -3.86. The average molecular weight is 594 g/mol. The maximum absolute atomic E-state index is 13.8. The molecule has 1 saturated heterocycles. The number of pyridine rings is 1. The average Bonchev–Trinajstić information content (AvgIpc) is 3.57. The molecule has 1 atom stereocenters. The Morgan fingerprint density at radius 3 is 2.51 bits per heavy atom. The Balaban J connectivity index is 0.000000220. The number of benzene rings is 2. The fourth-order valence-electron chi connectivity index (χ4n) is 5.81. The van der Waals surface area contributed by atoms with Crippen LogP contribution in [0, 0.1) is 23.0 Å². The predicted molar refractivity (Wildman–Crippen MR) is 148 cm³/mol. The summed E-state index contributed by atoms with van der Waals surface area (Å²) < 4.78 is 54.0. The molecule has 2 aromatic carbocycles. The summed E-state index contributed by atoms with van der Waals surface area (Å²) in [5, 5.41) is 11.3. The second-order valence-electron chi connectivity index (χ2n) is 10.7. The van der Waals surface area contributed by atoms with E-state index in [-0.39, 0.29) is 18.0 Å². The van der Waals surface area contributed by atoms with E-state index >= 15 is 0 Å². The summed E-state index contributed by atoms with van der Waals surface area (Å²) in [6, 6.07) is 13.7. The third kappa shape index (κ3) is 5.93. The summed E-state index contributed by atoms with van der Waals surface area (Å²) in [6.07, 6.45) is 2.90. The van der Waals surface area contributed by atoms with E-state index in [0.29, 0.717) is 48.3 Å². The van der Waals surface area contributed by atoms with Crippen molar-refractivity contribution in [2.24, 2.45) is 0 Å². The maximum atomic E-state index is 13.8. The number of aryl methyl sites for hydroxylation is 1. The molecule has 1 aromatic heterocycles. The van der Waals surface area contributed by atoms with Crippen molar-refractivity contribution >= 4 is 29.7 Å². The standard InChI is InChI=1S/C21H18F4N2O2.C10H9N3O/c22-14-2-1-3-17(9-14)27(12-28)21(19(29)26-16-10-20(24,25)11-16)7-6-13-8-15(23)4-5-18(13)21;11-7-8-3-4-12-9(6-8)13-5-1-2-10(13)14/h1-5,8-9,12,16H,6-7,10-11H2,(H,26,29);3-4,6H,1-2,5H2/t21-;/m1./s1. The molecule has 1 saturated carbocycles. The first-order valence-electron chi connectivity index (χ1n) is 13.7. The number of alkyl halides is 2. The Bertz CT molecular complexity index is 1600. The van der Waals surface area contributed by atoms with Gasteiger partial charge in [0.05, 0.1) is 11.6 Å². The first-order chi connectivity index (χ1) is 20.6. The Morgan fingerprint density at radius 1 is 1.09 bits per heavy atom. The summed E-state index contributed by atoms with van der Waals surface area (Å²) in [7, 11) is 0. The van der Waals surface area contributed by atoms with Crippen molar-refractivity contribution in [3.63, 3.8) is 0 Å². The van der Waals surface area contributed by atoms with E-state index in [1.165, 1.54) is 36.4 Å². The highest BCUT2D eigenvalue weighted by Crippen LogP contribution is 2.45. The molecule has 1 N–H and O–H groups in total. The molecule has 3 aromatic rings. The van der Waals surface area contributed by atoms with Gasteiger partial charge in [-0.25, -0.2) is 22.5 Å². The van der Waals surface area contributed by atoms with Crippen molar-refractivity contribution < 1.29 is 31.9 Å². The molecule has 43 heavy (non-hydrogen) atoms. The van der Waals surface area contributed by atoms with Gasteiger partial charge < -0.3 is 5.32 Å². The Labute approximate surface area is 244 Å². The Kier molecular flexibility index (Phi) is 8.17. The lowest BCUT2D eigenvalue weighted by Crippen LogP contribution is -2.60. The number of aromatic nitrogens is 1. The minimum absolute atomic E-state index is 0.0904. The highest BCUT2D eigenvalue weighted by atomic mass is 19.3. The summed E-state index contributed by atoms with van der Waals surface area (Å²) in [4.78, 5) is 43.6. The molecule has 0 bridgehead atoms. The number of anilines is 2. The van der Waals surface area contributed by atoms with Gasteiger partial charge in [0.25, 0.3) is 11.8 Å². The minimum Gasteiger partial charge on any atom is -0.351 e. The summed E-state index contributed by atoms with van der Waals surface area (Å²) in [6.45, 7) is 0.709. The lowest BCUT2D eigenvalue weighted by atomic mass is 9.84. The van der Waals surface area contributed by atoms with E-state index in [0.717, 1.165) is 17.4 Å². The number of nitriles is 1. The van der Waals surface area contributed by atoms with Crippen LogP contribution in [0.1, 0.15) is 48.8 Å². The van der Waals surface area contributed by atoms with E-state index in [9.17, 15) is 31.9 Å². The van der Waals surface area contributed by atoms with Crippen LogP contribution in [0.25, 0.3) is 0 Å². The second kappa shape index (κ2) is 11.8. The topological polar surface area (TPSA) is 106 Å². The number of hydrogen-bond acceptors (Lipinski definition) is 5. The van der Waals surface area contributed by atoms with Gasteiger partial charge >= 0.3 is 0 Å². The third-order valence-corrected chi connectivity index (χ3v) is 7.90. The zero-order chi connectivity index (χ0) is 30.8. The van der Waals surface area contributed by atoms with Gasteiger partial charge in [0.2, 0.25) is 12.3 Å². The van der Waals surface area contributed by atoms with Crippen LogP contribution in [0.4, 0.5) is 29.1 Å². The summed E-state index contributed by atoms with van der Waals surface area (Å²) in [5.41, 5.74) is 0.0471. The molecule has 0 radical (unpaired) electrons. The molecular formula is C31H27F4N5O3. The molecular weight excluding hydrogens is 566 g/mol. The zero-order valence-corrected chi connectivity index (χ0v) is 22.9. The van der Waals surface area contributed by atoms with E-state index in [2.05, 4.69) is 10.3 Å². The van der Waals surface area contributed by atoms with E-state index < -0.39 is 47.9 Å². The number of hydrogen-bond donors (Lipinski definition) is 1. The van der Waals surface area contributed by atoms with Crippen LogP contribution in [0.5, 0.6) is 0 Å². The third-order valence-electron chi connectivity index (χ3n) is 7.90. The molecule has 2 aliphatic carbocycles. The van der Waals surface area contributed by atoms with Crippen LogP contribution >= 0.6 is 0 Å². The molecule has 1 aliphatic heterocycles. The molecule has 2 fully saturated rings. The second-order valence-corrected chi connectivity index (χ2v) is 10.7. The fourth-order valence-corrected chi connectivity index (χ4v) is 5.81. The van der Waals surface area contributed by atoms with Crippen molar-refractivity contribution in [3.8, 4) is 6.07 Å². The van der Waals surface area contributed by atoms with Gasteiger partial charge in [-0.15, -0.1) is 0 Å². The van der Waals surface area contributed by atoms with Crippen molar-refractivity contribution in [1.29, 1.82) is 5.26 Å². The number of nitrogens with one attached hydrogen (secondary N) is 1. The first-order valence-corrected chi connectivity index (χ1v) is 13.7. The van der Waals surface area contributed by atoms with Crippen molar-refractivity contribution in [1.82, 2.24) is 10.3 Å². The van der Waals surface area contributed by atoms with Crippen LogP contribution in [-0.4, -0.2) is 41.7 Å². The number of carbonyl (C=O) groups excluding carboxylic acids is 3. The number of carbonyl (C=O) groups is 3. The molecule has 3 amide bonds. The van der Waals surface area contributed by atoms with E-state index in [4.69, 9.17) is 5.26 Å². The number of amides is 3. The lowest BCUT2D eigenvalue weighted by Gasteiger charge is -2.42. The van der Waals surface area contributed by atoms with Gasteiger partial charge in [-0.05, 0) is 72.9 Å². The van der Waals surface area contributed by atoms with Crippen LogP contribution in [-0.2, 0) is 26.3 Å². The van der Waals surface area contributed by atoms with Crippen LogP contribution < -0.4 is 15.1 Å². The largest absolute Gasteiger partial charge is 0.351 e. The fraction of sp³-hybridized carbons (Fsp3) is 0.323. The molecule has 8 nitrogen and oxygen atoms in total. The minimum atomic E-state index is -2.82. The van der Waals surface area contributed by atoms with Gasteiger partial charge in [-0.1, -0.05) is 12.1 Å². The zero-order valence-electron chi connectivity index (χ0n) is 22.9. The highest BCUT2D eigenvalue weighted by molar-refractivity contribution is 5.98. The predicted octanol–water partition coefficient (Wildman–Crippen LogP) is 4.76. The number of halogens is 4. The monoisotopic (exact) mass is 593 g/mol. The molecule has 0 spiro atoms. The van der Waals surface area contributed by atoms with Crippen LogP contribution in [0.2, 0.25) is 0 Å². The molecule has 6 rings (SSSR count). The SMILES string of the molecule is N#Cc1ccnc(N2CCCC2=O)c1.O=CN(c1cccc(F)c1)[C@]1(C(=O)NC2CC(F)(F)C2)CCc2cc(F)ccc21. The van der Waals surface area contributed by atoms with E-state index in [1.54, 1.807) is 23.2 Å². The lowest BCUT2D eigenvalue weighted by molar-refractivity contribution is -0.135. The molecule has 3 aliphatic rings. The molecule has 12 heteroatoms. The number of rotatable bonds is 6. The van der Waals surface area contributed by atoms with E-state index in [1.807, 2.05) is 6.07 Å². The first kappa shape index (κ1) is 29.7.